The number of anilines is 1. The van der Waals surface area contributed by atoms with Gasteiger partial charge in [0.25, 0.3) is 0 Å². The van der Waals surface area contributed by atoms with Gasteiger partial charge >= 0.3 is 0 Å². The first-order chi connectivity index (χ1) is 12.1. The van der Waals surface area contributed by atoms with Gasteiger partial charge in [0.15, 0.2) is 0 Å². The van der Waals surface area contributed by atoms with E-state index in [-0.39, 0.29) is 11.7 Å². The number of carbonyl (C=O) groups excluding carboxylic acids is 1. The van der Waals surface area contributed by atoms with Crippen LogP contribution in [0.3, 0.4) is 0 Å². The Balaban J connectivity index is 1.46. The molecule has 1 amide bonds. The zero-order valence-electron chi connectivity index (χ0n) is 13.9. The minimum Gasteiger partial charge on any atom is -0.325 e. The quantitative estimate of drug-likeness (QED) is 0.790. The smallest absolute Gasteiger partial charge is 0.238 e. The molecule has 1 aromatic heterocycles. The Morgan fingerprint density at radius 2 is 1.80 bits per heavy atom. The van der Waals surface area contributed by atoms with Gasteiger partial charge < -0.3 is 5.32 Å². The predicted molar refractivity (Wildman–Crippen MR) is 103 cm³/mol. The van der Waals surface area contributed by atoms with Gasteiger partial charge in [-0.1, -0.05) is 0 Å². The molecule has 3 rings (SSSR count). The molecule has 1 aromatic carbocycles. The van der Waals surface area contributed by atoms with Gasteiger partial charge in [-0.05, 0) is 71.8 Å². The number of benzene rings is 1. The Hall–Kier alpha value is -1.28. The molecule has 1 saturated heterocycles. The first kappa shape index (κ1) is 18.5. The van der Waals surface area contributed by atoms with Crippen LogP contribution in [0.15, 0.2) is 40.2 Å². The van der Waals surface area contributed by atoms with Gasteiger partial charge in [0, 0.05) is 30.2 Å². The molecule has 1 N–H and O–H groups in total. The topological polar surface area (TPSA) is 35.6 Å². The minimum atomic E-state index is -0.302. The lowest BCUT2D eigenvalue weighted by molar-refractivity contribution is -0.117. The SMILES string of the molecule is O=C(CN1CCCN(Cc2ccc(Br)s2)CC1)Nc1ccc(F)cc1. The van der Waals surface area contributed by atoms with Crippen molar-refractivity contribution in [3.05, 3.63) is 50.9 Å². The van der Waals surface area contributed by atoms with Crippen LogP contribution in [-0.2, 0) is 11.3 Å². The lowest BCUT2D eigenvalue weighted by Crippen LogP contribution is -2.36. The summed E-state index contributed by atoms with van der Waals surface area (Å²) in [6.45, 7) is 5.14. The number of nitrogens with one attached hydrogen (secondary N) is 1. The summed E-state index contributed by atoms with van der Waals surface area (Å²) in [5, 5.41) is 2.83. The zero-order valence-corrected chi connectivity index (χ0v) is 16.3. The normalized spacial score (nSPS) is 16.6. The molecular formula is C18H21BrFN3OS. The molecular weight excluding hydrogens is 405 g/mol. The Morgan fingerprint density at radius 1 is 1.08 bits per heavy atom. The van der Waals surface area contributed by atoms with Crippen LogP contribution in [0.2, 0.25) is 0 Å². The van der Waals surface area contributed by atoms with E-state index in [1.54, 1.807) is 23.5 Å². The van der Waals surface area contributed by atoms with Crippen molar-refractivity contribution >= 4 is 38.9 Å². The van der Waals surface area contributed by atoms with Gasteiger partial charge in [-0.3, -0.25) is 14.6 Å². The number of hydrogen-bond acceptors (Lipinski definition) is 4. The highest BCUT2D eigenvalue weighted by Gasteiger charge is 2.17. The summed E-state index contributed by atoms with van der Waals surface area (Å²) < 4.78 is 14.1. The van der Waals surface area contributed by atoms with Crippen molar-refractivity contribution in [1.29, 1.82) is 0 Å². The lowest BCUT2D eigenvalue weighted by atomic mass is 10.3. The van der Waals surface area contributed by atoms with E-state index in [1.165, 1.54) is 17.0 Å². The predicted octanol–water partition coefficient (Wildman–Crippen LogP) is 3.80. The summed E-state index contributed by atoms with van der Waals surface area (Å²) in [6, 6.07) is 10.1. The average molecular weight is 426 g/mol. The molecule has 7 heteroatoms. The van der Waals surface area contributed by atoms with Crippen LogP contribution in [0.4, 0.5) is 10.1 Å². The molecule has 0 radical (unpaired) electrons. The second-order valence-corrected chi connectivity index (χ2v) is 8.71. The van der Waals surface area contributed by atoms with Crippen LogP contribution in [0.25, 0.3) is 0 Å². The molecule has 1 aliphatic rings. The molecule has 0 unspecified atom stereocenters. The Bertz CT molecular complexity index is 707. The number of carbonyl (C=O) groups is 1. The van der Waals surface area contributed by atoms with Crippen LogP contribution < -0.4 is 5.32 Å². The van der Waals surface area contributed by atoms with E-state index in [2.05, 4.69) is 43.2 Å². The van der Waals surface area contributed by atoms with Gasteiger partial charge in [0.2, 0.25) is 5.91 Å². The van der Waals surface area contributed by atoms with E-state index in [0.29, 0.717) is 12.2 Å². The highest BCUT2D eigenvalue weighted by Crippen LogP contribution is 2.23. The van der Waals surface area contributed by atoms with Crippen LogP contribution in [-0.4, -0.2) is 48.4 Å². The van der Waals surface area contributed by atoms with Gasteiger partial charge in [-0.15, -0.1) is 11.3 Å². The van der Waals surface area contributed by atoms with Gasteiger partial charge in [-0.25, -0.2) is 4.39 Å². The summed E-state index contributed by atoms with van der Waals surface area (Å²) in [7, 11) is 0. The maximum absolute atomic E-state index is 12.9. The molecule has 1 fully saturated rings. The summed E-state index contributed by atoms with van der Waals surface area (Å²) in [5.74, 6) is -0.356. The molecule has 2 heterocycles. The zero-order chi connectivity index (χ0) is 17.6. The summed E-state index contributed by atoms with van der Waals surface area (Å²) >= 11 is 5.28. The van der Waals surface area contributed by atoms with Crippen LogP contribution >= 0.6 is 27.3 Å². The molecule has 0 saturated carbocycles. The number of hydrogen-bond donors (Lipinski definition) is 1. The van der Waals surface area contributed by atoms with Crippen LogP contribution in [0, 0.1) is 5.82 Å². The monoisotopic (exact) mass is 425 g/mol. The van der Waals surface area contributed by atoms with Crippen LogP contribution in [0.1, 0.15) is 11.3 Å². The Morgan fingerprint density at radius 3 is 2.52 bits per heavy atom. The van der Waals surface area contributed by atoms with Gasteiger partial charge in [0.05, 0.1) is 10.3 Å². The van der Waals surface area contributed by atoms with Crippen molar-refractivity contribution in [3.8, 4) is 0 Å². The highest BCUT2D eigenvalue weighted by atomic mass is 79.9. The van der Waals surface area contributed by atoms with Crippen molar-refractivity contribution < 1.29 is 9.18 Å². The second kappa shape index (κ2) is 8.89. The highest BCUT2D eigenvalue weighted by molar-refractivity contribution is 9.11. The number of halogens is 2. The first-order valence-corrected chi connectivity index (χ1v) is 9.94. The van der Waals surface area contributed by atoms with Gasteiger partial charge in [0.1, 0.15) is 5.82 Å². The standard InChI is InChI=1S/C18H21BrFN3OS/c19-17-7-6-16(25-17)12-22-8-1-9-23(11-10-22)13-18(24)21-15-4-2-14(20)3-5-15/h2-7H,1,8-13H2,(H,21,24). The van der Waals surface area contributed by atoms with Crippen molar-refractivity contribution in [2.75, 3.05) is 38.0 Å². The third-order valence-corrected chi connectivity index (χ3v) is 5.79. The maximum atomic E-state index is 12.9. The number of rotatable bonds is 5. The third-order valence-electron chi connectivity index (χ3n) is 4.18. The van der Waals surface area contributed by atoms with Crippen molar-refractivity contribution in [1.82, 2.24) is 9.80 Å². The molecule has 2 aromatic rings. The van der Waals surface area contributed by atoms with Crippen molar-refractivity contribution in [3.63, 3.8) is 0 Å². The van der Waals surface area contributed by atoms with E-state index in [9.17, 15) is 9.18 Å². The molecule has 0 aliphatic carbocycles. The van der Waals surface area contributed by atoms with Gasteiger partial charge in [-0.2, -0.15) is 0 Å². The lowest BCUT2D eigenvalue weighted by Gasteiger charge is -2.21. The molecule has 0 spiro atoms. The van der Waals surface area contributed by atoms with Crippen molar-refractivity contribution in [2.24, 2.45) is 0 Å². The summed E-state index contributed by atoms with van der Waals surface area (Å²) in [5.41, 5.74) is 0.631. The van der Waals surface area contributed by atoms with E-state index in [4.69, 9.17) is 0 Å². The largest absolute Gasteiger partial charge is 0.325 e. The molecule has 134 valence electrons. The summed E-state index contributed by atoms with van der Waals surface area (Å²) in [4.78, 5) is 18.2. The Kier molecular flexibility index (Phi) is 6.58. The van der Waals surface area contributed by atoms with E-state index in [1.807, 2.05) is 0 Å². The van der Waals surface area contributed by atoms with E-state index < -0.39 is 0 Å². The number of nitrogens with zero attached hydrogens (tertiary/aromatic N) is 2. The minimum absolute atomic E-state index is 0.0535. The molecule has 1 aliphatic heterocycles. The number of thiophene rings is 1. The molecule has 25 heavy (non-hydrogen) atoms. The van der Waals surface area contributed by atoms with Crippen molar-refractivity contribution in [2.45, 2.75) is 13.0 Å². The fourth-order valence-corrected chi connectivity index (χ4v) is 4.46. The van der Waals surface area contributed by atoms with E-state index in [0.717, 1.165) is 42.9 Å². The fraction of sp³-hybridized carbons (Fsp3) is 0.389. The Labute approximate surface area is 159 Å². The molecule has 0 atom stereocenters. The second-order valence-electron chi connectivity index (χ2n) is 6.17. The fourth-order valence-electron chi connectivity index (χ4n) is 2.93. The number of amides is 1. The third kappa shape index (κ3) is 5.88. The average Bonchev–Trinajstić information content (AvgIpc) is 2.86. The maximum Gasteiger partial charge on any atom is 0.238 e. The van der Waals surface area contributed by atoms with E-state index >= 15 is 0 Å². The van der Waals surface area contributed by atoms with Crippen LogP contribution in [0.5, 0.6) is 0 Å². The first-order valence-electron chi connectivity index (χ1n) is 8.33. The molecule has 0 bridgehead atoms. The summed E-state index contributed by atoms with van der Waals surface area (Å²) in [6.07, 6.45) is 1.05. The molecule has 4 nitrogen and oxygen atoms in total.